The average molecular weight is 274 g/mol. The number of hydrogen-bond donors (Lipinski definition) is 2. The second-order valence-electron chi connectivity index (χ2n) is 4.97. The van der Waals surface area contributed by atoms with Gasteiger partial charge in [-0.2, -0.15) is 0 Å². The fourth-order valence-corrected chi connectivity index (χ4v) is 2.06. The standard InChI is InChI=1S/C12H19N3O2.ClH/c1-8-10(9(2)17-15-8)6-11(16)14-7-12(13)4-3-5-12;/h3-7,13H2,1-2H3,(H,14,16);1H. The van der Waals surface area contributed by atoms with Crippen molar-refractivity contribution in [3.8, 4) is 0 Å². The van der Waals surface area contributed by atoms with Crippen molar-refractivity contribution in [2.75, 3.05) is 6.54 Å². The molecule has 0 unspecified atom stereocenters. The molecule has 1 amide bonds. The predicted molar refractivity (Wildman–Crippen MR) is 70.7 cm³/mol. The summed E-state index contributed by atoms with van der Waals surface area (Å²) in [4.78, 5) is 11.8. The maximum atomic E-state index is 11.8. The maximum Gasteiger partial charge on any atom is 0.224 e. The Kier molecular flexibility index (Phi) is 4.76. The second-order valence-corrected chi connectivity index (χ2v) is 4.97. The van der Waals surface area contributed by atoms with Gasteiger partial charge in [-0.1, -0.05) is 5.16 Å². The van der Waals surface area contributed by atoms with Crippen molar-refractivity contribution < 1.29 is 9.32 Å². The molecule has 1 heterocycles. The number of carbonyl (C=O) groups is 1. The number of halogens is 1. The first-order valence-corrected chi connectivity index (χ1v) is 5.97. The Hall–Kier alpha value is -1.07. The molecule has 102 valence electrons. The summed E-state index contributed by atoms with van der Waals surface area (Å²) in [5, 5.41) is 6.71. The summed E-state index contributed by atoms with van der Waals surface area (Å²) in [5.74, 6) is 0.694. The number of nitrogens with zero attached hydrogens (tertiary/aromatic N) is 1. The van der Waals surface area contributed by atoms with E-state index in [1.807, 2.05) is 13.8 Å². The first-order valence-electron chi connectivity index (χ1n) is 5.97. The first-order chi connectivity index (χ1) is 8.00. The first kappa shape index (κ1) is 15.0. The van der Waals surface area contributed by atoms with Crippen molar-refractivity contribution in [1.82, 2.24) is 10.5 Å². The summed E-state index contributed by atoms with van der Waals surface area (Å²) in [6, 6.07) is 0. The van der Waals surface area contributed by atoms with Crippen LogP contribution in [0.2, 0.25) is 0 Å². The van der Waals surface area contributed by atoms with E-state index < -0.39 is 0 Å². The Labute approximate surface area is 113 Å². The fourth-order valence-electron chi connectivity index (χ4n) is 2.06. The van der Waals surface area contributed by atoms with Crippen molar-refractivity contribution in [3.05, 3.63) is 17.0 Å². The molecule has 0 bridgehead atoms. The monoisotopic (exact) mass is 273 g/mol. The van der Waals surface area contributed by atoms with Crippen molar-refractivity contribution in [3.63, 3.8) is 0 Å². The summed E-state index contributed by atoms with van der Waals surface area (Å²) in [5.41, 5.74) is 7.52. The lowest BCUT2D eigenvalue weighted by atomic mass is 9.78. The molecule has 18 heavy (non-hydrogen) atoms. The zero-order valence-electron chi connectivity index (χ0n) is 10.8. The molecule has 0 aliphatic heterocycles. The van der Waals surface area contributed by atoms with E-state index in [0.29, 0.717) is 18.7 Å². The van der Waals surface area contributed by atoms with Crippen LogP contribution in [0.25, 0.3) is 0 Å². The number of nitrogens with two attached hydrogens (primary N) is 1. The lowest BCUT2D eigenvalue weighted by Crippen LogP contribution is -2.55. The van der Waals surface area contributed by atoms with Crippen LogP contribution in [0.1, 0.15) is 36.3 Å². The molecule has 0 saturated heterocycles. The molecule has 5 nitrogen and oxygen atoms in total. The second kappa shape index (κ2) is 5.71. The van der Waals surface area contributed by atoms with Crippen LogP contribution >= 0.6 is 12.4 Å². The van der Waals surface area contributed by atoms with E-state index in [2.05, 4.69) is 10.5 Å². The van der Waals surface area contributed by atoms with Gasteiger partial charge in [0.1, 0.15) is 5.76 Å². The molecule has 1 saturated carbocycles. The molecule has 6 heteroatoms. The van der Waals surface area contributed by atoms with Crippen molar-refractivity contribution in [2.24, 2.45) is 5.73 Å². The highest BCUT2D eigenvalue weighted by Gasteiger charge is 2.32. The van der Waals surface area contributed by atoms with Crippen LogP contribution in [0.5, 0.6) is 0 Å². The minimum Gasteiger partial charge on any atom is -0.361 e. The lowest BCUT2D eigenvalue weighted by molar-refractivity contribution is -0.120. The molecule has 3 N–H and O–H groups in total. The van der Waals surface area contributed by atoms with E-state index in [9.17, 15) is 4.79 Å². The van der Waals surface area contributed by atoms with Crippen molar-refractivity contribution >= 4 is 18.3 Å². The average Bonchev–Trinajstić information content (AvgIpc) is 2.55. The van der Waals surface area contributed by atoms with Crippen LogP contribution < -0.4 is 11.1 Å². The number of hydrogen-bond acceptors (Lipinski definition) is 4. The molecule has 0 aromatic carbocycles. The van der Waals surface area contributed by atoms with Gasteiger partial charge >= 0.3 is 0 Å². The van der Waals surface area contributed by atoms with Crippen LogP contribution in [0.4, 0.5) is 0 Å². The smallest absolute Gasteiger partial charge is 0.224 e. The molecular formula is C12H20ClN3O2. The van der Waals surface area contributed by atoms with Gasteiger partial charge in [0, 0.05) is 17.6 Å². The molecular weight excluding hydrogens is 254 g/mol. The van der Waals surface area contributed by atoms with Gasteiger partial charge in [0.05, 0.1) is 12.1 Å². The van der Waals surface area contributed by atoms with Crippen LogP contribution in [0, 0.1) is 13.8 Å². The zero-order valence-corrected chi connectivity index (χ0v) is 11.6. The number of carbonyl (C=O) groups excluding carboxylic acids is 1. The summed E-state index contributed by atoms with van der Waals surface area (Å²) >= 11 is 0. The van der Waals surface area contributed by atoms with Gasteiger partial charge in [-0.3, -0.25) is 4.79 Å². The van der Waals surface area contributed by atoms with E-state index >= 15 is 0 Å². The summed E-state index contributed by atoms with van der Waals surface area (Å²) < 4.78 is 5.02. The summed E-state index contributed by atoms with van der Waals surface area (Å²) in [7, 11) is 0. The minimum atomic E-state index is -0.172. The highest BCUT2D eigenvalue weighted by molar-refractivity contribution is 5.85. The molecule has 1 fully saturated rings. The molecule has 0 radical (unpaired) electrons. The summed E-state index contributed by atoms with van der Waals surface area (Å²) in [6.45, 7) is 4.23. The van der Waals surface area contributed by atoms with Crippen molar-refractivity contribution in [1.29, 1.82) is 0 Å². The molecule has 1 aliphatic carbocycles. The predicted octanol–water partition coefficient (Wildman–Crippen LogP) is 1.25. The van der Waals surface area contributed by atoms with Gasteiger partial charge in [0.25, 0.3) is 0 Å². The normalized spacial score (nSPS) is 16.6. The van der Waals surface area contributed by atoms with Gasteiger partial charge in [0.2, 0.25) is 5.91 Å². The number of amides is 1. The third-order valence-corrected chi connectivity index (χ3v) is 3.51. The third-order valence-electron chi connectivity index (χ3n) is 3.51. The van der Waals surface area contributed by atoms with Gasteiger partial charge in [-0.05, 0) is 33.1 Å². The van der Waals surface area contributed by atoms with E-state index in [-0.39, 0.29) is 23.9 Å². The minimum absolute atomic E-state index is 0. The summed E-state index contributed by atoms with van der Waals surface area (Å²) in [6.07, 6.45) is 3.48. The highest BCUT2D eigenvalue weighted by Crippen LogP contribution is 2.28. The molecule has 2 rings (SSSR count). The number of rotatable bonds is 4. The number of nitrogens with one attached hydrogen (secondary N) is 1. The van der Waals surface area contributed by atoms with Gasteiger partial charge < -0.3 is 15.6 Å². The van der Waals surface area contributed by atoms with Crippen LogP contribution in [0.15, 0.2) is 4.52 Å². The molecule has 0 spiro atoms. The van der Waals surface area contributed by atoms with E-state index in [1.54, 1.807) is 0 Å². The lowest BCUT2D eigenvalue weighted by Gasteiger charge is -2.38. The van der Waals surface area contributed by atoms with Gasteiger partial charge in [0.15, 0.2) is 0 Å². The Morgan fingerprint density at radius 3 is 2.61 bits per heavy atom. The molecule has 1 aromatic heterocycles. The Morgan fingerprint density at radius 2 is 2.17 bits per heavy atom. The molecule has 1 aromatic rings. The Morgan fingerprint density at radius 1 is 1.50 bits per heavy atom. The van der Waals surface area contributed by atoms with Crippen LogP contribution in [-0.2, 0) is 11.2 Å². The zero-order chi connectivity index (χ0) is 12.5. The van der Waals surface area contributed by atoms with Gasteiger partial charge in [-0.15, -0.1) is 12.4 Å². The van der Waals surface area contributed by atoms with E-state index in [0.717, 1.165) is 30.5 Å². The fraction of sp³-hybridized carbons (Fsp3) is 0.667. The van der Waals surface area contributed by atoms with Crippen LogP contribution in [0.3, 0.4) is 0 Å². The quantitative estimate of drug-likeness (QED) is 0.865. The number of aryl methyl sites for hydroxylation is 2. The highest BCUT2D eigenvalue weighted by atomic mass is 35.5. The number of aromatic nitrogens is 1. The Balaban J connectivity index is 0.00000162. The maximum absolute atomic E-state index is 11.8. The SMILES string of the molecule is Cc1noc(C)c1CC(=O)NCC1(N)CCC1.Cl. The van der Waals surface area contributed by atoms with Crippen LogP contribution in [-0.4, -0.2) is 23.1 Å². The molecule has 0 atom stereocenters. The largest absolute Gasteiger partial charge is 0.361 e. The third kappa shape index (κ3) is 3.23. The molecule has 1 aliphatic rings. The van der Waals surface area contributed by atoms with E-state index in [4.69, 9.17) is 10.3 Å². The topological polar surface area (TPSA) is 81.2 Å². The van der Waals surface area contributed by atoms with Crippen molar-refractivity contribution in [2.45, 2.75) is 45.1 Å². The Bertz CT molecular complexity index is 407. The van der Waals surface area contributed by atoms with Gasteiger partial charge in [-0.25, -0.2) is 0 Å². The van der Waals surface area contributed by atoms with E-state index in [1.165, 1.54) is 0 Å².